The number of pyridine rings is 1. The molecule has 0 fully saturated rings. The van der Waals surface area contributed by atoms with E-state index in [0.29, 0.717) is 0 Å². The number of hydrogen-bond acceptors (Lipinski definition) is 3. The quantitative estimate of drug-likeness (QED) is 0.780. The summed E-state index contributed by atoms with van der Waals surface area (Å²) in [5, 5.41) is 11.1. The lowest BCUT2D eigenvalue weighted by Gasteiger charge is -2.08. The molecule has 5 heteroatoms. The first-order chi connectivity index (χ1) is 8.84. The van der Waals surface area contributed by atoms with Crippen LogP contribution < -0.4 is 5.32 Å². The Balaban J connectivity index is 1.94. The SMILES string of the molecule is Brc1ccc(CNc2cn[nH]c2)c2ncccc12. The van der Waals surface area contributed by atoms with Crippen LogP contribution in [0.4, 0.5) is 5.69 Å². The third-order valence-corrected chi connectivity index (χ3v) is 3.47. The van der Waals surface area contributed by atoms with Crippen molar-refractivity contribution in [1.29, 1.82) is 0 Å². The highest BCUT2D eigenvalue weighted by molar-refractivity contribution is 9.10. The molecule has 18 heavy (non-hydrogen) atoms. The molecule has 3 aromatic rings. The highest BCUT2D eigenvalue weighted by Crippen LogP contribution is 2.25. The number of anilines is 1. The standard InChI is InChI=1S/C13H11BrN4/c14-12-4-3-9(6-16-10-7-17-18-8-10)13-11(12)2-1-5-15-13/h1-5,7-8,16H,6H2,(H,17,18). The van der Waals surface area contributed by atoms with Crippen LogP contribution in [0.1, 0.15) is 5.56 Å². The number of nitrogens with zero attached hydrogens (tertiary/aromatic N) is 2. The second kappa shape index (κ2) is 4.78. The normalized spacial score (nSPS) is 10.7. The van der Waals surface area contributed by atoms with E-state index in [-0.39, 0.29) is 0 Å². The number of aromatic nitrogens is 3. The molecule has 2 aromatic heterocycles. The summed E-state index contributed by atoms with van der Waals surface area (Å²) in [7, 11) is 0. The molecule has 0 amide bonds. The molecule has 2 heterocycles. The van der Waals surface area contributed by atoms with E-state index in [1.165, 1.54) is 0 Å². The lowest BCUT2D eigenvalue weighted by Crippen LogP contribution is -2.00. The number of hydrogen-bond donors (Lipinski definition) is 2. The number of H-pyrrole nitrogens is 1. The molecular formula is C13H11BrN4. The zero-order valence-corrected chi connectivity index (χ0v) is 11.1. The molecule has 0 unspecified atom stereocenters. The first-order valence-corrected chi connectivity index (χ1v) is 6.38. The Bertz CT molecular complexity index is 664. The topological polar surface area (TPSA) is 53.6 Å². The maximum absolute atomic E-state index is 4.45. The van der Waals surface area contributed by atoms with E-state index in [9.17, 15) is 0 Å². The Labute approximate surface area is 113 Å². The van der Waals surface area contributed by atoms with Gasteiger partial charge in [-0.2, -0.15) is 5.10 Å². The van der Waals surface area contributed by atoms with Crippen molar-refractivity contribution in [1.82, 2.24) is 15.2 Å². The summed E-state index contributed by atoms with van der Waals surface area (Å²) < 4.78 is 1.07. The number of halogens is 1. The Hall–Kier alpha value is -1.88. The molecule has 0 atom stereocenters. The molecule has 0 saturated heterocycles. The second-order valence-corrected chi connectivity index (χ2v) is 4.80. The fourth-order valence-corrected chi connectivity index (χ4v) is 2.34. The predicted octanol–water partition coefficient (Wildman–Crippen LogP) is 3.33. The molecule has 3 rings (SSSR count). The summed E-state index contributed by atoms with van der Waals surface area (Å²) in [6, 6.07) is 8.14. The first kappa shape index (κ1) is 11.2. The first-order valence-electron chi connectivity index (χ1n) is 5.59. The average Bonchev–Trinajstić information content (AvgIpc) is 2.92. The van der Waals surface area contributed by atoms with E-state index >= 15 is 0 Å². The van der Waals surface area contributed by atoms with Gasteiger partial charge < -0.3 is 5.32 Å². The fourth-order valence-electron chi connectivity index (χ4n) is 1.88. The van der Waals surface area contributed by atoms with Crippen LogP contribution in [-0.2, 0) is 6.54 Å². The van der Waals surface area contributed by atoms with Gasteiger partial charge in [0.25, 0.3) is 0 Å². The zero-order valence-electron chi connectivity index (χ0n) is 9.52. The Morgan fingerprint density at radius 3 is 3.06 bits per heavy atom. The van der Waals surface area contributed by atoms with Gasteiger partial charge in [-0.1, -0.05) is 28.1 Å². The molecule has 0 radical (unpaired) electrons. The average molecular weight is 303 g/mol. The minimum Gasteiger partial charge on any atom is -0.378 e. The van der Waals surface area contributed by atoms with Crippen molar-refractivity contribution in [2.45, 2.75) is 6.54 Å². The van der Waals surface area contributed by atoms with E-state index in [1.54, 1.807) is 6.20 Å². The van der Waals surface area contributed by atoms with Gasteiger partial charge in [-0.15, -0.1) is 0 Å². The van der Waals surface area contributed by atoms with Crippen molar-refractivity contribution in [2.24, 2.45) is 0 Å². The summed E-state index contributed by atoms with van der Waals surface area (Å²) in [5.74, 6) is 0. The number of fused-ring (bicyclic) bond motifs is 1. The van der Waals surface area contributed by atoms with E-state index in [4.69, 9.17) is 0 Å². The van der Waals surface area contributed by atoms with Crippen molar-refractivity contribution >= 4 is 32.5 Å². The predicted molar refractivity (Wildman–Crippen MR) is 75.4 cm³/mol. The minimum absolute atomic E-state index is 0.723. The van der Waals surface area contributed by atoms with Crippen molar-refractivity contribution in [3.8, 4) is 0 Å². The highest BCUT2D eigenvalue weighted by Gasteiger charge is 2.05. The van der Waals surface area contributed by atoms with Gasteiger partial charge in [-0.05, 0) is 17.7 Å². The molecule has 0 aliphatic heterocycles. The van der Waals surface area contributed by atoms with Gasteiger partial charge in [-0.3, -0.25) is 10.1 Å². The van der Waals surface area contributed by atoms with Gasteiger partial charge in [-0.25, -0.2) is 0 Å². The van der Waals surface area contributed by atoms with Crippen LogP contribution in [0.15, 0.2) is 47.3 Å². The summed E-state index contributed by atoms with van der Waals surface area (Å²) in [6.07, 6.45) is 5.40. The van der Waals surface area contributed by atoms with Crippen LogP contribution in [0.5, 0.6) is 0 Å². The lowest BCUT2D eigenvalue weighted by atomic mass is 10.1. The molecule has 0 aliphatic carbocycles. The Morgan fingerprint density at radius 2 is 2.22 bits per heavy atom. The molecule has 0 spiro atoms. The maximum Gasteiger partial charge on any atom is 0.0763 e. The van der Waals surface area contributed by atoms with Crippen molar-refractivity contribution < 1.29 is 0 Å². The molecular weight excluding hydrogens is 292 g/mol. The van der Waals surface area contributed by atoms with Crippen LogP contribution in [0.3, 0.4) is 0 Å². The van der Waals surface area contributed by atoms with Crippen LogP contribution in [0.2, 0.25) is 0 Å². The van der Waals surface area contributed by atoms with Crippen LogP contribution >= 0.6 is 15.9 Å². The molecule has 1 aromatic carbocycles. The molecule has 0 bridgehead atoms. The Morgan fingerprint density at radius 1 is 1.28 bits per heavy atom. The van der Waals surface area contributed by atoms with Gasteiger partial charge in [0.15, 0.2) is 0 Å². The molecule has 2 N–H and O–H groups in total. The maximum atomic E-state index is 4.45. The van der Waals surface area contributed by atoms with Gasteiger partial charge in [0.1, 0.15) is 0 Å². The number of benzene rings is 1. The minimum atomic E-state index is 0.723. The van der Waals surface area contributed by atoms with Gasteiger partial charge >= 0.3 is 0 Å². The highest BCUT2D eigenvalue weighted by atomic mass is 79.9. The fraction of sp³-hybridized carbons (Fsp3) is 0.0769. The van der Waals surface area contributed by atoms with Gasteiger partial charge in [0, 0.05) is 28.8 Å². The van der Waals surface area contributed by atoms with Crippen LogP contribution in [0.25, 0.3) is 10.9 Å². The summed E-state index contributed by atoms with van der Waals surface area (Å²) in [5.41, 5.74) is 3.15. The van der Waals surface area contributed by atoms with Crippen molar-refractivity contribution in [3.05, 3.63) is 52.9 Å². The van der Waals surface area contributed by atoms with Crippen LogP contribution in [-0.4, -0.2) is 15.2 Å². The summed E-state index contributed by atoms with van der Waals surface area (Å²) >= 11 is 3.55. The van der Waals surface area contributed by atoms with E-state index in [1.807, 2.05) is 18.5 Å². The van der Waals surface area contributed by atoms with Gasteiger partial charge in [0.05, 0.1) is 17.4 Å². The summed E-state index contributed by atoms with van der Waals surface area (Å²) in [6.45, 7) is 0.723. The van der Waals surface area contributed by atoms with E-state index in [2.05, 4.69) is 54.6 Å². The molecule has 0 aliphatic rings. The van der Waals surface area contributed by atoms with Crippen molar-refractivity contribution in [3.63, 3.8) is 0 Å². The number of rotatable bonds is 3. The molecule has 90 valence electrons. The van der Waals surface area contributed by atoms with Crippen molar-refractivity contribution in [2.75, 3.05) is 5.32 Å². The monoisotopic (exact) mass is 302 g/mol. The molecule has 4 nitrogen and oxygen atoms in total. The lowest BCUT2D eigenvalue weighted by molar-refractivity contribution is 1.09. The van der Waals surface area contributed by atoms with Crippen LogP contribution in [0, 0.1) is 0 Å². The number of aromatic amines is 1. The number of nitrogens with one attached hydrogen (secondary N) is 2. The zero-order chi connectivity index (χ0) is 12.4. The molecule has 0 saturated carbocycles. The summed E-state index contributed by atoms with van der Waals surface area (Å²) in [4.78, 5) is 4.45. The van der Waals surface area contributed by atoms with E-state index < -0.39 is 0 Å². The van der Waals surface area contributed by atoms with Gasteiger partial charge in [0.2, 0.25) is 0 Å². The Kier molecular flexibility index (Phi) is 2.98. The largest absolute Gasteiger partial charge is 0.378 e. The third-order valence-electron chi connectivity index (χ3n) is 2.78. The third kappa shape index (κ3) is 2.09. The second-order valence-electron chi connectivity index (χ2n) is 3.95. The van der Waals surface area contributed by atoms with E-state index in [0.717, 1.165) is 33.2 Å². The smallest absolute Gasteiger partial charge is 0.0763 e.